The summed E-state index contributed by atoms with van der Waals surface area (Å²) in [5, 5.41) is 11.1. The van der Waals surface area contributed by atoms with E-state index in [2.05, 4.69) is 25.7 Å². The van der Waals surface area contributed by atoms with Gasteiger partial charge >= 0.3 is 6.18 Å². The Morgan fingerprint density at radius 2 is 1.82 bits per heavy atom. The topological polar surface area (TPSA) is 94.0 Å². The molecular weight excluding hydrogens is 521 g/mol. The molecule has 0 aliphatic rings. The van der Waals surface area contributed by atoms with Crippen LogP contribution in [-0.4, -0.2) is 32.8 Å². The first-order valence-corrected chi connectivity index (χ1v) is 11.5. The lowest BCUT2D eigenvalue weighted by Gasteiger charge is -2.12. The van der Waals surface area contributed by atoms with E-state index in [1.807, 2.05) is 24.3 Å². The number of methoxy groups -OCH3 is 1. The molecule has 8 nitrogen and oxygen atoms in total. The van der Waals surface area contributed by atoms with E-state index in [0.29, 0.717) is 39.0 Å². The molecule has 0 unspecified atom stereocenters. The highest BCUT2D eigenvalue weighted by Crippen LogP contribution is 2.32. The zero-order valence-electron chi connectivity index (χ0n) is 19.6. The molecule has 2 aromatic heterocycles. The zero-order valence-corrected chi connectivity index (χ0v) is 20.4. The van der Waals surface area contributed by atoms with Gasteiger partial charge in [-0.15, -0.1) is 0 Å². The molecule has 0 aliphatic carbocycles. The molecule has 2 heterocycles. The van der Waals surface area contributed by atoms with Crippen molar-refractivity contribution >= 4 is 45.7 Å². The molecule has 0 saturated carbocycles. The molecule has 38 heavy (non-hydrogen) atoms. The standard InChI is InChI=1S/C26H18ClF3N6O2/c1-38-19-8-6-18(7-9-19)36-24-20(13-33-36)23(31-14-32-24)35-22-12-17(5-10-21(22)27)34-25(37)15-3-2-4-16(11-15)26(28,29)30/h2-14H,1H3,(H,34,37)(H,31,32,35). The van der Waals surface area contributed by atoms with Gasteiger partial charge in [0, 0.05) is 11.3 Å². The van der Waals surface area contributed by atoms with E-state index >= 15 is 0 Å². The fraction of sp³-hybridized carbons (Fsp3) is 0.0769. The maximum absolute atomic E-state index is 13.0. The van der Waals surface area contributed by atoms with Gasteiger partial charge in [-0.3, -0.25) is 4.79 Å². The summed E-state index contributed by atoms with van der Waals surface area (Å²) >= 11 is 6.38. The van der Waals surface area contributed by atoms with Crippen molar-refractivity contribution in [2.75, 3.05) is 17.7 Å². The van der Waals surface area contributed by atoms with E-state index in [4.69, 9.17) is 16.3 Å². The minimum atomic E-state index is -4.56. The molecule has 5 aromatic rings. The van der Waals surface area contributed by atoms with Crippen LogP contribution in [0.25, 0.3) is 16.7 Å². The van der Waals surface area contributed by atoms with Gasteiger partial charge in [0.05, 0.1) is 40.7 Å². The van der Waals surface area contributed by atoms with E-state index in [0.717, 1.165) is 17.8 Å². The highest BCUT2D eigenvalue weighted by Gasteiger charge is 2.31. The van der Waals surface area contributed by atoms with Gasteiger partial charge in [0.25, 0.3) is 5.91 Å². The van der Waals surface area contributed by atoms with Crippen molar-refractivity contribution in [2.45, 2.75) is 6.18 Å². The molecule has 0 bridgehead atoms. The SMILES string of the molecule is COc1ccc(-n2ncc3c(Nc4cc(NC(=O)c5cccc(C(F)(F)F)c5)ccc4Cl)ncnc32)cc1. The van der Waals surface area contributed by atoms with Crippen LogP contribution in [0.1, 0.15) is 15.9 Å². The highest BCUT2D eigenvalue weighted by atomic mass is 35.5. The molecule has 12 heteroatoms. The molecule has 0 spiro atoms. The third-order valence-corrected chi connectivity index (χ3v) is 5.94. The lowest BCUT2D eigenvalue weighted by molar-refractivity contribution is -0.137. The van der Waals surface area contributed by atoms with Gasteiger partial charge in [-0.1, -0.05) is 17.7 Å². The molecule has 0 fully saturated rings. The Kier molecular flexibility index (Phi) is 6.60. The van der Waals surface area contributed by atoms with Crippen molar-refractivity contribution in [3.63, 3.8) is 0 Å². The zero-order chi connectivity index (χ0) is 26.9. The fourth-order valence-corrected chi connectivity index (χ4v) is 3.89. The lowest BCUT2D eigenvalue weighted by Crippen LogP contribution is -2.14. The first-order valence-electron chi connectivity index (χ1n) is 11.1. The number of carbonyl (C=O) groups is 1. The van der Waals surface area contributed by atoms with Gasteiger partial charge in [-0.2, -0.15) is 18.3 Å². The molecule has 0 saturated heterocycles. The quantitative estimate of drug-likeness (QED) is 0.256. The number of alkyl halides is 3. The van der Waals surface area contributed by atoms with Gasteiger partial charge in [-0.25, -0.2) is 14.6 Å². The molecule has 0 aliphatic heterocycles. The first-order chi connectivity index (χ1) is 18.2. The molecule has 192 valence electrons. The number of benzene rings is 3. The van der Waals surface area contributed by atoms with Crippen LogP contribution in [0.2, 0.25) is 5.02 Å². The number of aromatic nitrogens is 4. The predicted octanol–water partition coefficient (Wildman–Crippen LogP) is 6.49. The number of hydrogen-bond acceptors (Lipinski definition) is 6. The summed E-state index contributed by atoms with van der Waals surface area (Å²) in [7, 11) is 1.58. The number of fused-ring (bicyclic) bond motifs is 1. The molecule has 1 amide bonds. The smallest absolute Gasteiger partial charge is 0.416 e. The number of anilines is 3. The number of nitrogens with zero attached hydrogens (tertiary/aromatic N) is 4. The van der Waals surface area contributed by atoms with Crippen LogP contribution in [0.15, 0.2) is 79.3 Å². The van der Waals surface area contributed by atoms with Crippen LogP contribution >= 0.6 is 11.6 Å². The Labute approximate surface area is 219 Å². The van der Waals surface area contributed by atoms with Gasteiger partial charge in [-0.05, 0) is 60.7 Å². The third kappa shape index (κ3) is 5.09. The van der Waals surface area contributed by atoms with Gasteiger partial charge in [0.2, 0.25) is 0 Å². The number of amides is 1. The third-order valence-electron chi connectivity index (χ3n) is 5.61. The monoisotopic (exact) mass is 538 g/mol. The summed E-state index contributed by atoms with van der Waals surface area (Å²) in [6.07, 6.45) is -1.58. The molecular formula is C26H18ClF3N6O2. The number of rotatable bonds is 6. The first kappa shape index (κ1) is 25.0. The maximum atomic E-state index is 13.0. The van der Waals surface area contributed by atoms with E-state index in [1.54, 1.807) is 30.1 Å². The Hall–Kier alpha value is -4.64. The van der Waals surface area contributed by atoms with E-state index in [1.165, 1.54) is 24.5 Å². The Morgan fingerprint density at radius 1 is 1.03 bits per heavy atom. The number of halogens is 4. The minimum absolute atomic E-state index is 0.132. The molecule has 5 rings (SSSR count). The number of carbonyl (C=O) groups excluding carboxylic acids is 1. The molecule has 3 aromatic carbocycles. The van der Waals surface area contributed by atoms with Crippen molar-refractivity contribution in [3.8, 4) is 11.4 Å². The second-order valence-corrected chi connectivity index (χ2v) is 8.47. The largest absolute Gasteiger partial charge is 0.497 e. The summed E-state index contributed by atoms with van der Waals surface area (Å²) in [5.74, 6) is 0.421. The highest BCUT2D eigenvalue weighted by molar-refractivity contribution is 6.33. The van der Waals surface area contributed by atoms with Crippen LogP contribution in [0.3, 0.4) is 0 Å². The summed E-state index contributed by atoms with van der Waals surface area (Å²) < 4.78 is 45.9. The molecule has 2 N–H and O–H groups in total. The Morgan fingerprint density at radius 3 is 2.55 bits per heavy atom. The summed E-state index contributed by atoms with van der Waals surface area (Å²) in [6, 6.07) is 16.1. The molecule has 0 radical (unpaired) electrons. The van der Waals surface area contributed by atoms with Crippen LogP contribution in [0.4, 0.5) is 30.4 Å². The van der Waals surface area contributed by atoms with Gasteiger partial charge < -0.3 is 15.4 Å². The number of ether oxygens (including phenoxy) is 1. The van der Waals surface area contributed by atoms with Gasteiger partial charge in [0.1, 0.15) is 17.9 Å². The van der Waals surface area contributed by atoms with Gasteiger partial charge in [0.15, 0.2) is 5.65 Å². The van der Waals surface area contributed by atoms with E-state index in [-0.39, 0.29) is 5.56 Å². The van der Waals surface area contributed by atoms with Crippen molar-refractivity contribution in [2.24, 2.45) is 0 Å². The molecule has 0 atom stereocenters. The average Bonchev–Trinajstić information content (AvgIpc) is 3.35. The van der Waals surface area contributed by atoms with Crippen molar-refractivity contribution in [1.29, 1.82) is 0 Å². The maximum Gasteiger partial charge on any atom is 0.416 e. The fourth-order valence-electron chi connectivity index (χ4n) is 3.72. The second kappa shape index (κ2) is 10.0. The van der Waals surface area contributed by atoms with Crippen LogP contribution in [0.5, 0.6) is 5.75 Å². The normalized spacial score (nSPS) is 11.4. The van der Waals surface area contributed by atoms with E-state index in [9.17, 15) is 18.0 Å². The summed E-state index contributed by atoms with van der Waals surface area (Å²) in [4.78, 5) is 21.3. The van der Waals surface area contributed by atoms with Crippen LogP contribution in [-0.2, 0) is 6.18 Å². The number of hydrogen-bond donors (Lipinski definition) is 2. The predicted molar refractivity (Wildman–Crippen MR) is 137 cm³/mol. The van der Waals surface area contributed by atoms with Crippen molar-refractivity contribution in [3.05, 3.63) is 95.4 Å². The lowest BCUT2D eigenvalue weighted by atomic mass is 10.1. The van der Waals surface area contributed by atoms with Crippen molar-refractivity contribution in [1.82, 2.24) is 19.7 Å². The van der Waals surface area contributed by atoms with E-state index < -0.39 is 17.6 Å². The minimum Gasteiger partial charge on any atom is -0.497 e. The van der Waals surface area contributed by atoms with Crippen molar-refractivity contribution < 1.29 is 22.7 Å². The Balaban J connectivity index is 1.40. The summed E-state index contributed by atoms with van der Waals surface area (Å²) in [5.41, 5.74) is 0.990. The Bertz CT molecular complexity index is 1640. The van der Waals surface area contributed by atoms with Crippen LogP contribution in [0, 0.1) is 0 Å². The average molecular weight is 539 g/mol. The summed E-state index contributed by atoms with van der Waals surface area (Å²) in [6.45, 7) is 0. The second-order valence-electron chi connectivity index (χ2n) is 8.07. The van der Waals surface area contributed by atoms with Crippen LogP contribution < -0.4 is 15.4 Å². The number of nitrogens with one attached hydrogen (secondary N) is 2.